The van der Waals surface area contributed by atoms with E-state index >= 15 is 0 Å². The average Bonchev–Trinajstić information content (AvgIpc) is 2.60. The number of pyridine rings is 1. The number of aromatic nitrogens is 1. The molecule has 0 saturated heterocycles. The fourth-order valence-electron chi connectivity index (χ4n) is 2.16. The molecule has 0 unspecified atom stereocenters. The average molecular weight is 345 g/mol. The number of carbonyl (C=O) groups is 2. The monoisotopic (exact) mass is 345 g/mol. The molecule has 0 saturated carbocycles. The smallest absolute Gasteiger partial charge is 0.293 e. The van der Waals surface area contributed by atoms with Gasteiger partial charge < -0.3 is 15.8 Å². The minimum atomic E-state index is -0.691. The van der Waals surface area contributed by atoms with Crippen molar-refractivity contribution in [3.8, 4) is 5.75 Å². The Bertz CT molecular complexity index is 837. The van der Waals surface area contributed by atoms with Gasteiger partial charge in [-0.1, -0.05) is 0 Å². The van der Waals surface area contributed by atoms with Crippen molar-refractivity contribution in [2.75, 3.05) is 12.4 Å². The fourth-order valence-corrected chi connectivity index (χ4v) is 2.16. The Morgan fingerprint density at radius 1 is 1.36 bits per heavy atom. The largest absolute Gasteiger partial charge is 0.495 e. The van der Waals surface area contributed by atoms with Gasteiger partial charge in [0.2, 0.25) is 6.04 Å². The molecule has 0 aliphatic heterocycles. The highest BCUT2D eigenvalue weighted by atomic mass is 16.6. The van der Waals surface area contributed by atoms with Crippen molar-refractivity contribution >= 4 is 23.2 Å². The highest BCUT2D eigenvalue weighted by Crippen LogP contribution is 2.29. The highest BCUT2D eigenvalue weighted by Gasteiger charge is 2.24. The molecule has 0 fully saturated rings. The zero-order chi connectivity index (χ0) is 18.6. The van der Waals surface area contributed by atoms with Crippen LogP contribution in [0.1, 0.15) is 23.3 Å². The Balaban J connectivity index is 2.27. The molecule has 0 bridgehead atoms. The number of non-ortho nitro benzene ring substituents is 1. The lowest BCUT2D eigenvalue weighted by atomic mass is 10.2. The number of nitro groups is 1. The third-order valence-corrected chi connectivity index (χ3v) is 3.59. The van der Waals surface area contributed by atoms with Crippen molar-refractivity contribution in [2.24, 2.45) is 5.73 Å². The Morgan fingerprint density at radius 2 is 2.08 bits per heavy atom. The summed E-state index contributed by atoms with van der Waals surface area (Å²) >= 11 is 0. The zero-order valence-corrected chi connectivity index (χ0v) is 13.6. The van der Waals surface area contributed by atoms with Crippen LogP contribution in [-0.4, -0.2) is 23.8 Å². The fraction of sp³-hybridized carbons (Fsp3) is 0.188. The molecule has 0 aliphatic carbocycles. The lowest BCUT2D eigenvalue weighted by molar-refractivity contribution is -0.705. The summed E-state index contributed by atoms with van der Waals surface area (Å²) in [6, 6.07) is 6.34. The maximum Gasteiger partial charge on any atom is 0.293 e. The van der Waals surface area contributed by atoms with E-state index in [0.29, 0.717) is 5.75 Å². The van der Waals surface area contributed by atoms with E-state index in [1.54, 1.807) is 19.2 Å². The van der Waals surface area contributed by atoms with E-state index in [-0.39, 0.29) is 16.9 Å². The summed E-state index contributed by atoms with van der Waals surface area (Å²) in [5, 5.41) is 13.5. The standard InChI is InChI=1S/C16H16N4O5/c1-10(19-7-3-4-11(9-19)15(17)21)16(22)18-13-8-12(20(23)24)5-6-14(13)25-2/h3-10H,1-2H3,(H2-,17,18,21,22)/p+1/t10-/m1/s1. The summed E-state index contributed by atoms with van der Waals surface area (Å²) in [6.45, 7) is 1.62. The van der Waals surface area contributed by atoms with Gasteiger partial charge in [0.25, 0.3) is 17.5 Å². The Kier molecular flexibility index (Phi) is 5.28. The van der Waals surface area contributed by atoms with Crippen LogP contribution in [0.4, 0.5) is 11.4 Å². The Hall–Kier alpha value is -3.49. The lowest BCUT2D eigenvalue weighted by Gasteiger charge is -2.12. The Labute approximate surface area is 143 Å². The van der Waals surface area contributed by atoms with Crippen molar-refractivity contribution in [2.45, 2.75) is 13.0 Å². The molecule has 1 atom stereocenters. The minimum absolute atomic E-state index is 0.174. The van der Waals surface area contributed by atoms with Gasteiger partial charge in [0.05, 0.1) is 17.7 Å². The van der Waals surface area contributed by atoms with Crippen molar-refractivity contribution in [3.05, 3.63) is 58.4 Å². The molecule has 2 amide bonds. The van der Waals surface area contributed by atoms with Crippen molar-refractivity contribution in [3.63, 3.8) is 0 Å². The molecular formula is C16H17N4O5+. The first kappa shape index (κ1) is 17.9. The van der Waals surface area contributed by atoms with Gasteiger partial charge in [-0.25, -0.2) is 0 Å². The molecular weight excluding hydrogens is 328 g/mol. The van der Waals surface area contributed by atoms with E-state index in [1.807, 2.05) is 0 Å². The second-order valence-corrected chi connectivity index (χ2v) is 5.21. The molecule has 1 aromatic heterocycles. The van der Waals surface area contributed by atoms with Crippen LogP contribution in [0.25, 0.3) is 0 Å². The highest BCUT2D eigenvalue weighted by molar-refractivity contribution is 5.94. The number of hydrogen-bond acceptors (Lipinski definition) is 5. The van der Waals surface area contributed by atoms with Crippen molar-refractivity contribution < 1.29 is 23.8 Å². The number of nitro benzene ring substituents is 1. The van der Waals surface area contributed by atoms with Crippen LogP contribution < -0.4 is 20.4 Å². The van der Waals surface area contributed by atoms with Gasteiger partial charge in [-0.05, 0) is 12.1 Å². The second kappa shape index (κ2) is 7.39. The number of ether oxygens (including phenoxy) is 1. The number of nitrogens with two attached hydrogens (primary N) is 1. The number of benzene rings is 1. The van der Waals surface area contributed by atoms with Crippen LogP contribution in [0.2, 0.25) is 0 Å². The maximum atomic E-state index is 12.5. The number of nitrogens with one attached hydrogen (secondary N) is 1. The van der Waals surface area contributed by atoms with E-state index in [0.717, 1.165) is 0 Å². The Morgan fingerprint density at radius 3 is 2.68 bits per heavy atom. The van der Waals surface area contributed by atoms with Crippen LogP contribution in [0, 0.1) is 10.1 Å². The number of methoxy groups -OCH3 is 1. The molecule has 130 valence electrons. The van der Waals surface area contributed by atoms with Crippen molar-refractivity contribution in [1.29, 1.82) is 0 Å². The summed E-state index contributed by atoms with van der Waals surface area (Å²) in [5.74, 6) is -0.755. The first-order valence-corrected chi connectivity index (χ1v) is 7.27. The predicted octanol–water partition coefficient (Wildman–Crippen LogP) is 1.19. The first-order valence-electron chi connectivity index (χ1n) is 7.27. The van der Waals surface area contributed by atoms with Crippen LogP contribution in [-0.2, 0) is 4.79 Å². The molecule has 2 aromatic rings. The first-order chi connectivity index (χ1) is 11.8. The third-order valence-electron chi connectivity index (χ3n) is 3.59. The number of carbonyl (C=O) groups excluding carboxylic acids is 2. The van der Waals surface area contributed by atoms with Crippen LogP contribution >= 0.6 is 0 Å². The van der Waals surface area contributed by atoms with E-state index in [9.17, 15) is 19.7 Å². The van der Waals surface area contributed by atoms with Crippen LogP contribution in [0.3, 0.4) is 0 Å². The summed E-state index contributed by atoms with van der Waals surface area (Å²) in [5.41, 5.74) is 5.50. The maximum absolute atomic E-state index is 12.5. The van der Waals surface area contributed by atoms with E-state index < -0.39 is 22.8 Å². The molecule has 9 nitrogen and oxygen atoms in total. The van der Waals surface area contributed by atoms with Crippen LogP contribution in [0.5, 0.6) is 5.75 Å². The van der Waals surface area contributed by atoms with Gasteiger partial charge in [-0.3, -0.25) is 19.7 Å². The molecule has 3 N–H and O–H groups in total. The quantitative estimate of drug-likeness (QED) is 0.461. The van der Waals surface area contributed by atoms with Gasteiger partial charge in [0.15, 0.2) is 12.4 Å². The van der Waals surface area contributed by atoms with Gasteiger partial charge in [-0.2, -0.15) is 4.57 Å². The number of anilines is 1. The van der Waals surface area contributed by atoms with Crippen LogP contribution in [0.15, 0.2) is 42.7 Å². The number of nitrogens with zero attached hydrogens (tertiary/aromatic N) is 2. The molecule has 0 radical (unpaired) electrons. The zero-order valence-electron chi connectivity index (χ0n) is 13.6. The SMILES string of the molecule is COc1ccc([N+](=O)[O-])cc1NC(=O)[C@@H](C)[n+]1cccc(C(N)=O)c1. The number of hydrogen-bond donors (Lipinski definition) is 2. The normalized spacial score (nSPS) is 11.4. The van der Waals surface area contributed by atoms with E-state index in [2.05, 4.69) is 5.32 Å². The van der Waals surface area contributed by atoms with Gasteiger partial charge in [0, 0.05) is 25.1 Å². The summed E-state index contributed by atoms with van der Waals surface area (Å²) in [7, 11) is 1.39. The summed E-state index contributed by atoms with van der Waals surface area (Å²) in [6.07, 6.45) is 3.07. The number of primary amides is 1. The summed E-state index contributed by atoms with van der Waals surface area (Å²) < 4.78 is 6.62. The van der Waals surface area contributed by atoms with Crippen molar-refractivity contribution in [1.82, 2.24) is 0 Å². The van der Waals surface area contributed by atoms with Gasteiger partial charge >= 0.3 is 0 Å². The minimum Gasteiger partial charge on any atom is -0.495 e. The van der Waals surface area contributed by atoms with Gasteiger partial charge in [0.1, 0.15) is 11.3 Å². The molecule has 1 heterocycles. The number of rotatable bonds is 6. The third kappa shape index (κ3) is 4.08. The topological polar surface area (TPSA) is 128 Å². The summed E-state index contributed by atoms with van der Waals surface area (Å²) in [4.78, 5) is 34.1. The molecule has 1 aromatic carbocycles. The van der Waals surface area contributed by atoms with E-state index in [4.69, 9.17) is 10.5 Å². The van der Waals surface area contributed by atoms with Gasteiger partial charge in [-0.15, -0.1) is 0 Å². The van der Waals surface area contributed by atoms with E-state index in [1.165, 1.54) is 42.1 Å². The molecule has 9 heteroatoms. The molecule has 2 rings (SSSR count). The second-order valence-electron chi connectivity index (χ2n) is 5.21. The number of amides is 2. The molecule has 25 heavy (non-hydrogen) atoms. The molecule has 0 spiro atoms. The lowest BCUT2D eigenvalue weighted by Crippen LogP contribution is -2.44. The predicted molar refractivity (Wildman–Crippen MR) is 88.1 cm³/mol. The molecule has 0 aliphatic rings.